The molecule has 0 atom stereocenters. The summed E-state index contributed by atoms with van der Waals surface area (Å²) in [5.74, 6) is 0.929. The molecule has 0 amide bonds. The summed E-state index contributed by atoms with van der Waals surface area (Å²) in [5, 5.41) is 5.43. The summed E-state index contributed by atoms with van der Waals surface area (Å²) in [6, 6.07) is 11.3. The van der Waals surface area contributed by atoms with Crippen molar-refractivity contribution in [1.29, 1.82) is 0 Å². The van der Waals surface area contributed by atoms with Crippen molar-refractivity contribution >= 4 is 17.2 Å². The first-order chi connectivity index (χ1) is 8.29. The zero-order valence-electron chi connectivity index (χ0n) is 9.25. The number of aldehydes is 1. The summed E-state index contributed by atoms with van der Waals surface area (Å²) in [6.07, 6.45) is 0.689. The molecule has 0 saturated carbocycles. The second-order valence-electron chi connectivity index (χ2n) is 3.81. The van der Waals surface area contributed by atoms with Crippen molar-refractivity contribution in [3.8, 4) is 11.5 Å². The molecule has 4 nitrogen and oxygen atoms in total. The van der Waals surface area contributed by atoms with Crippen LogP contribution in [0.1, 0.15) is 10.6 Å². The van der Waals surface area contributed by atoms with Gasteiger partial charge in [-0.3, -0.25) is 9.48 Å². The number of carbonyl (C=O) groups is 1. The molecule has 0 bridgehead atoms. The van der Waals surface area contributed by atoms with E-state index in [-0.39, 0.29) is 0 Å². The van der Waals surface area contributed by atoms with E-state index in [0.717, 1.165) is 16.6 Å². The quantitative estimate of drug-likeness (QED) is 0.631. The molecule has 2 heterocycles. The van der Waals surface area contributed by atoms with Gasteiger partial charge in [-0.25, -0.2) is 0 Å². The van der Waals surface area contributed by atoms with Gasteiger partial charge in [-0.05, 0) is 18.2 Å². The number of hydrogen-bond acceptors (Lipinski definition) is 3. The topological polar surface area (TPSA) is 48.0 Å². The molecule has 0 N–H and O–H groups in total. The van der Waals surface area contributed by atoms with Crippen molar-refractivity contribution in [2.24, 2.45) is 7.05 Å². The third-order valence-corrected chi connectivity index (χ3v) is 2.73. The monoisotopic (exact) mass is 226 g/mol. The molecule has 0 unspecified atom stereocenters. The minimum atomic E-state index is 0.315. The van der Waals surface area contributed by atoms with Gasteiger partial charge in [-0.2, -0.15) is 5.10 Å². The molecule has 0 spiro atoms. The highest BCUT2D eigenvalue weighted by Crippen LogP contribution is 2.28. The number of aryl methyl sites for hydroxylation is 1. The fourth-order valence-electron chi connectivity index (χ4n) is 1.94. The smallest absolute Gasteiger partial charge is 0.185 e. The molecule has 0 aliphatic rings. The highest BCUT2D eigenvalue weighted by molar-refractivity contribution is 5.92. The van der Waals surface area contributed by atoms with Crippen LogP contribution in [0.25, 0.3) is 22.4 Å². The highest BCUT2D eigenvalue weighted by Gasteiger charge is 2.13. The van der Waals surface area contributed by atoms with Crippen LogP contribution in [-0.2, 0) is 7.05 Å². The molecular weight excluding hydrogens is 216 g/mol. The molecule has 0 fully saturated rings. The van der Waals surface area contributed by atoms with Crippen LogP contribution in [0.2, 0.25) is 0 Å². The van der Waals surface area contributed by atoms with E-state index in [9.17, 15) is 4.79 Å². The van der Waals surface area contributed by atoms with Crippen LogP contribution in [0.15, 0.2) is 40.8 Å². The number of nitrogens with zero attached hydrogens (tertiary/aromatic N) is 2. The second-order valence-corrected chi connectivity index (χ2v) is 3.81. The van der Waals surface area contributed by atoms with Crippen molar-refractivity contribution in [1.82, 2.24) is 9.78 Å². The van der Waals surface area contributed by atoms with E-state index in [1.165, 1.54) is 0 Å². The number of para-hydroxylation sites is 1. The number of fused-ring (bicyclic) bond motifs is 1. The van der Waals surface area contributed by atoms with Gasteiger partial charge in [0.1, 0.15) is 5.69 Å². The Hall–Kier alpha value is -2.36. The van der Waals surface area contributed by atoms with E-state index in [2.05, 4.69) is 5.10 Å². The lowest BCUT2D eigenvalue weighted by Crippen LogP contribution is -1.88. The summed E-state index contributed by atoms with van der Waals surface area (Å²) >= 11 is 0. The molecule has 0 radical (unpaired) electrons. The van der Waals surface area contributed by atoms with Gasteiger partial charge in [0.05, 0.1) is 5.52 Å². The Morgan fingerprint density at radius 3 is 2.82 bits per heavy atom. The first kappa shape index (κ1) is 9.84. The van der Waals surface area contributed by atoms with Crippen molar-refractivity contribution in [2.75, 3.05) is 0 Å². The minimum absolute atomic E-state index is 0.315. The van der Waals surface area contributed by atoms with Gasteiger partial charge >= 0.3 is 0 Å². The summed E-state index contributed by atoms with van der Waals surface area (Å²) in [6.45, 7) is 0. The number of benzene rings is 1. The lowest BCUT2D eigenvalue weighted by atomic mass is 10.2. The Labute approximate surface area is 97.5 Å². The van der Waals surface area contributed by atoms with E-state index in [4.69, 9.17) is 4.42 Å². The van der Waals surface area contributed by atoms with E-state index < -0.39 is 0 Å². The first-order valence-corrected chi connectivity index (χ1v) is 5.27. The van der Waals surface area contributed by atoms with E-state index in [1.807, 2.05) is 31.3 Å². The SMILES string of the molecule is Cn1nc(-c2ccc(C=O)o2)c2ccccc21. The van der Waals surface area contributed by atoms with E-state index in [1.54, 1.807) is 16.8 Å². The van der Waals surface area contributed by atoms with Gasteiger partial charge in [-0.1, -0.05) is 18.2 Å². The van der Waals surface area contributed by atoms with Crippen LogP contribution in [0.3, 0.4) is 0 Å². The Kier molecular flexibility index (Phi) is 2.08. The second kappa shape index (κ2) is 3.59. The average molecular weight is 226 g/mol. The van der Waals surface area contributed by atoms with Crippen LogP contribution in [-0.4, -0.2) is 16.1 Å². The summed E-state index contributed by atoms with van der Waals surface area (Å²) < 4.78 is 7.20. The molecule has 84 valence electrons. The number of furan rings is 1. The van der Waals surface area contributed by atoms with Crippen molar-refractivity contribution in [2.45, 2.75) is 0 Å². The van der Waals surface area contributed by atoms with Crippen molar-refractivity contribution < 1.29 is 9.21 Å². The summed E-state index contributed by atoms with van der Waals surface area (Å²) in [7, 11) is 1.88. The molecule has 3 aromatic rings. The van der Waals surface area contributed by atoms with Crippen LogP contribution in [0, 0.1) is 0 Å². The molecule has 17 heavy (non-hydrogen) atoms. The molecule has 2 aromatic heterocycles. The lowest BCUT2D eigenvalue weighted by molar-refractivity contribution is 0.110. The van der Waals surface area contributed by atoms with Gasteiger partial charge in [0, 0.05) is 12.4 Å². The van der Waals surface area contributed by atoms with Crippen LogP contribution in [0.4, 0.5) is 0 Å². The zero-order chi connectivity index (χ0) is 11.8. The van der Waals surface area contributed by atoms with Crippen molar-refractivity contribution in [3.63, 3.8) is 0 Å². The number of rotatable bonds is 2. The number of aromatic nitrogens is 2. The van der Waals surface area contributed by atoms with Gasteiger partial charge in [0.2, 0.25) is 0 Å². The predicted octanol–water partition coefficient (Wildman–Crippen LogP) is 2.65. The fourth-order valence-corrected chi connectivity index (χ4v) is 1.94. The maximum Gasteiger partial charge on any atom is 0.185 e. The molecule has 3 rings (SSSR count). The van der Waals surface area contributed by atoms with Crippen LogP contribution < -0.4 is 0 Å². The van der Waals surface area contributed by atoms with E-state index >= 15 is 0 Å². The largest absolute Gasteiger partial charge is 0.452 e. The predicted molar refractivity (Wildman–Crippen MR) is 63.8 cm³/mol. The van der Waals surface area contributed by atoms with Crippen LogP contribution in [0.5, 0.6) is 0 Å². The fraction of sp³-hybridized carbons (Fsp3) is 0.0769. The minimum Gasteiger partial charge on any atom is -0.452 e. The Morgan fingerprint density at radius 1 is 1.24 bits per heavy atom. The summed E-state index contributed by atoms with van der Waals surface area (Å²) in [4.78, 5) is 10.6. The third kappa shape index (κ3) is 1.45. The molecule has 0 aliphatic heterocycles. The first-order valence-electron chi connectivity index (χ1n) is 5.27. The molecule has 1 aromatic carbocycles. The molecular formula is C13H10N2O2. The number of hydrogen-bond donors (Lipinski definition) is 0. The van der Waals surface area contributed by atoms with Gasteiger partial charge in [-0.15, -0.1) is 0 Å². The Morgan fingerprint density at radius 2 is 2.06 bits per heavy atom. The van der Waals surface area contributed by atoms with Gasteiger partial charge in [0.25, 0.3) is 0 Å². The Bertz CT molecular complexity index is 694. The summed E-state index contributed by atoms with van der Waals surface area (Å²) in [5.41, 5.74) is 1.79. The molecule has 0 aliphatic carbocycles. The molecule has 0 saturated heterocycles. The number of carbonyl (C=O) groups excluding carboxylic acids is 1. The Balaban J connectivity index is 2.26. The zero-order valence-corrected chi connectivity index (χ0v) is 9.25. The van der Waals surface area contributed by atoms with E-state index in [0.29, 0.717) is 17.8 Å². The van der Waals surface area contributed by atoms with Crippen LogP contribution >= 0.6 is 0 Å². The normalized spacial score (nSPS) is 10.9. The van der Waals surface area contributed by atoms with Gasteiger partial charge in [0.15, 0.2) is 17.8 Å². The average Bonchev–Trinajstić information content (AvgIpc) is 2.95. The maximum absolute atomic E-state index is 10.6. The maximum atomic E-state index is 10.6. The van der Waals surface area contributed by atoms with Gasteiger partial charge < -0.3 is 4.42 Å². The third-order valence-electron chi connectivity index (χ3n) is 2.73. The van der Waals surface area contributed by atoms with Crippen molar-refractivity contribution in [3.05, 3.63) is 42.2 Å². The highest BCUT2D eigenvalue weighted by atomic mass is 16.3. The molecule has 4 heteroatoms. The lowest BCUT2D eigenvalue weighted by Gasteiger charge is -1.91. The standard InChI is InChI=1S/C13H10N2O2/c1-15-11-5-3-2-4-10(11)13(14-15)12-7-6-9(8-16)17-12/h2-8H,1H3.